The van der Waals surface area contributed by atoms with Crippen LogP contribution in [0.5, 0.6) is 0 Å². The van der Waals surface area contributed by atoms with E-state index in [1.165, 1.54) is 0 Å². The lowest BCUT2D eigenvalue weighted by atomic mass is 9.97. The summed E-state index contributed by atoms with van der Waals surface area (Å²) in [6, 6.07) is 4.73. The Bertz CT molecular complexity index is 602. The van der Waals surface area contributed by atoms with E-state index in [0.29, 0.717) is 18.4 Å². The number of halogens is 5. The molecule has 3 nitrogen and oxygen atoms in total. The average molecular weight is 398 g/mol. The van der Waals surface area contributed by atoms with E-state index in [9.17, 15) is 18.0 Å². The van der Waals surface area contributed by atoms with Crippen molar-refractivity contribution in [3.05, 3.63) is 46.5 Å². The zero-order valence-corrected chi connectivity index (χ0v) is 15.4. The Labute approximate surface area is 155 Å². The third-order valence-electron chi connectivity index (χ3n) is 3.78. The summed E-state index contributed by atoms with van der Waals surface area (Å²) >= 11 is 12.3. The van der Waals surface area contributed by atoms with Gasteiger partial charge in [0.1, 0.15) is 6.10 Å². The standard InChI is InChI=1S/C17H20Cl2F3NO2/c1-4-9-16(3,5-2)25-13(10-23-15(24)17(20,21)22)14-11(18)7-6-8-12(14)19/h4,6-8,13H,1,5,9-10H2,2-3H3,(H,23,24)/t13-,16-/m0/s1. The van der Waals surface area contributed by atoms with Crippen molar-refractivity contribution >= 4 is 29.1 Å². The molecule has 0 aliphatic rings. The highest BCUT2D eigenvalue weighted by molar-refractivity contribution is 6.36. The lowest BCUT2D eigenvalue weighted by molar-refractivity contribution is -0.174. The number of nitrogens with one attached hydrogen (secondary N) is 1. The molecule has 0 radical (unpaired) electrons. The van der Waals surface area contributed by atoms with Gasteiger partial charge in [-0.25, -0.2) is 0 Å². The van der Waals surface area contributed by atoms with Crippen molar-refractivity contribution in [2.45, 2.75) is 44.6 Å². The highest BCUT2D eigenvalue weighted by atomic mass is 35.5. The number of alkyl halides is 3. The van der Waals surface area contributed by atoms with Crippen LogP contribution in [0.3, 0.4) is 0 Å². The van der Waals surface area contributed by atoms with Gasteiger partial charge in [0.15, 0.2) is 0 Å². The first kappa shape index (κ1) is 21.8. The van der Waals surface area contributed by atoms with Crippen molar-refractivity contribution in [3.63, 3.8) is 0 Å². The zero-order chi connectivity index (χ0) is 19.3. The molecular weight excluding hydrogens is 378 g/mol. The molecule has 2 atom stereocenters. The van der Waals surface area contributed by atoms with Crippen LogP contribution < -0.4 is 5.32 Å². The Balaban J connectivity index is 3.14. The van der Waals surface area contributed by atoms with E-state index in [1.54, 1.807) is 31.2 Å². The lowest BCUT2D eigenvalue weighted by Gasteiger charge is -2.34. The second kappa shape index (κ2) is 8.92. The predicted molar refractivity (Wildman–Crippen MR) is 92.9 cm³/mol. The van der Waals surface area contributed by atoms with Gasteiger partial charge in [0, 0.05) is 22.2 Å². The molecule has 0 aromatic heterocycles. The maximum atomic E-state index is 12.5. The second-order valence-electron chi connectivity index (χ2n) is 5.75. The summed E-state index contributed by atoms with van der Waals surface area (Å²) < 4.78 is 43.4. The Morgan fingerprint density at radius 3 is 2.36 bits per heavy atom. The molecule has 25 heavy (non-hydrogen) atoms. The van der Waals surface area contributed by atoms with Gasteiger partial charge in [0.05, 0.1) is 5.60 Å². The minimum Gasteiger partial charge on any atom is -0.365 e. The minimum absolute atomic E-state index is 0.246. The van der Waals surface area contributed by atoms with Crippen LogP contribution in [-0.4, -0.2) is 24.2 Å². The molecule has 8 heteroatoms. The fourth-order valence-electron chi connectivity index (χ4n) is 2.23. The molecule has 1 aromatic rings. The molecule has 1 aromatic carbocycles. The van der Waals surface area contributed by atoms with Gasteiger partial charge in [-0.1, -0.05) is 42.3 Å². The molecule has 1 amide bonds. The molecule has 0 unspecified atom stereocenters. The molecule has 1 rings (SSSR count). The van der Waals surface area contributed by atoms with Gasteiger partial charge in [-0.3, -0.25) is 4.79 Å². The van der Waals surface area contributed by atoms with Crippen LogP contribution in [-0.2, 0) is 9.53 Å². The van der Waals surface area contributed by atoms with Gasteiger partial charge in [0.25, 0.3) is 0 Å². The quantitative estimate of drug-likeness (QED) is 0.590. The second-order valence-corrected chi connectivity index (χ2v) is 6.56. The number of hydrogen-bond acceptors (Lipinski definition) is 2. The van der Waals surface area contributed by atoms with Crippen molar-refractivity contribution in [1.29, 1.82) is 0 Å². The number of carbonyl (C=O) groups is 1. The molecule has 0 aliphatic carbocycles. The number of amides is 1. The Kier molecular flexibility index (Phi) is 7.78. The van der Waals surface area contributed by atoms with Crippen LogP contribution in [0.2, 0.25) is 10.0 Å². The van der Waals surface area contributed by atoms with Gasteiger partial charge in [-0.2, -0.15) is 13.2 Å². The summed E-state index contributed by atoms with van der Waals surface area (Å²) in [6.07, 6.45) is -3.23. The van der Waals surface area contributed by atoms with Gasteiger partial charge in [0.2, 0.25) is 0 Å². The largest absolute Gasteiger partial charge is 0.471 e. The van der Waals surface area contributed by atoms with Gasteiger partial charge in [-0.15, -0.1) is 6.58 Å². The topological polar surface area (TPSA) is 38.3 Å². The number of benzene rings is 1. The summed E-state index contributed by atoms with van der Waals surface area (Å²) in [4.78, 5) is 11.2. The molecule has 1 N–H and O–H groups in total. The van der Waals surface area contributed by atoms with Crippen LogP contribution in [0.25, 0.3) is 0 Å². The van der Waals surface area contributed by atoms with E-state index in [4.69, 9.17) is 27.9 Å². The summed E-state index contributed by atoms with van der Waals surface area (Å²) in [5, 5.41) is 2.32. The number of rotatable bonds is 8. The zero-order valence-electron chi connectivity index (χ0n) is 13.9. The van der Waals surface area contributed by atoms with Crippen molar-refractivity contribution in [1.82, 2.24) is 5.32 Å². The molecule has 0 saturated carbocycles. The molecule has 0 aliphatic heterocycles. The van der Waals surface area contributed by atoms with E-state index in [0.717, 1.165) is 0 Å². The van der Waals surface area contributed by atoms with Crippen LogP contribution in [0.1, 0.15) is 38.4 Å². The molecule has 0 saturated heterocycles. The highest BCUT2D eigenvalue weighted by Crippen LogP contribution is 2.36. The van der Waals surface area contributed by atoms with Crippen molar-refractivity contribution in [2.24, 2.45) is 0 Å². The normalized spacial score (nSPS) is 15.3. The third kappa shape index (κ3) is 6.20. The van der Waals surface area contributed by atoms with E-state index < -0.39 is 30.3 Å². The molecular formula is C17H20Cl2F3NO2. The average Bonchev–Trinajstić information content (AvgIpc) is 2.51. The van der Waals surface area contributed by atoms with E-state index in [1.807, 2.05) is 12.2 Å². The van der Waals surface area contributed by atoms with E-state index in [-0.39, 0.29) is 10.0 Å². The van der Waals surface area contributed by atoms with Gasteiger partial charge in [-0.05, 0) is 31.9 Å². The van der Waals surface area contributed by atoms with Gasteiger partial charge >= 0.3 is 12.1 Å². The molecule has 140 valence electrons. The monoisotopic (exact) mass is 397 g/mol. The summed E-state index contributed by atoms with van der Waals surface area (Å²) in [5.41, 5.74) is -0.366. The first-order valence-electron chi connectivity index (χ1n) is 7.61. The smallest absolute Gasteiger partial charge is 0.365 e. The van der Waals surface area contributed by atoms with Crippen LogP contribution in [0.15, 0.2) is 30.9 Å². The summed E-state index contributed by atoms with van der Waals surface area (Å²) in [6.45, 7) is 6.92. The van der Waals surface area contributed by atoms with E-state index in [2.05, 4.69) is 6.58 Å². The number of hydrogen-bond donors (Lipinski definition) is 1. The molecule has 0 bridgehead atoms. The molecule has 0 fully saturated rings. The van der Waals surface area contributed by atoms with Crippen molar-refractivity contribution in [2.75, 3.05) is 6.54 Å². The SMILES string of the molecule is C=CC[C@](C)(CC)O[C@@H](CNC(=O)C(F)(F)F)c1c(Cl)cccc1Cl. The lowest BCUT2D eigenvalue weighted by Crippen LogP contribution is -2.41. The van der Waals surface area contributed by atoms with E-state index >= 15 is 0 Å². The van der Waals surface area contributed by atoms with Crippen LogP contribution in [0.4, 0.5) is 13.2 Å². The third-order valence-corrected chi connectivity index (χ3v) is 4.44. The van der Waals surface area contributed by atoms with Crippen LogP contribution >= 0.6 is 23.2 Å². The summed E-state index contributed by atoms with van der Waals surface area (Å²) in [5.74, 6) is -2.05. The Hall–Kier alpha value is -1.24. The number of ether oxygens (including phenoxy) is 1. The first-order chi connectivity index (χ1) is 11.5. The summed E-state index contributed by atoms with van der Waals surface area (Å²) in [7, 11) is 0. The van der Waals surface area contributed by atoms with Crippen LogP contribution in [0, 0.1) is 0 Å². The molecule has 0 heterocycles. The fraction of sp³-hybridized carbons (Fsp3) is 0.471. The number of carbonyl (C=O) groups excluding carboxylic acids is 1. The Morgan fingerprint density at radius 2 is 1.92 bits per heavy atom. The maximum absolute atomic E-state index is 12.5. The maximum Gasteiger partial charge on any atom is 0.471 e. The van der Waals surface area contributed by atoms with Gasteiger partial charge < -0.3 is 10.1 Å². The molecule has 0 spiro atoms. The highest BCUT2D eigenvalue weighted by Gasteiger charge is 2.39. The minimum atomic E-state index is -4.98. The predicted octanol–water partition coefficient (Wildman–Crippen LogP) is 5.47. The first-order valence-corrected chi connectivity index (χ1v) is 8.37. The van der Waals surface area contributed by atoms with Crippen molar-refractivity contribution < 1.29 is 22.7 Å². The Morgan fingerprint density at radius 1 is 1.36 bits per heavy atom. The van der Waals surface area contributed by atoms with Crippen molar-refractivity contribution in [3.8, 4) is 0 Å². The fourth-order valence-corrected chi connectivity index (χ4v) is 2.87.